The summed E-state index contributed by atoms with van der Waals surface area (Å²) < 4.78 is 31.9. The van der Waals surface area contributed by atoms with Gasteiger partial charge in [-0.15, -0.1) is 0 Å². The second-order valence-electron chi connectivity index (χ2n) is 4.55. The molecule has 6 nitrogen and oxygen atoms in total. The summed E-state index contributed by atoms with van der Waals surface area (Å²) >= 11 is 0. The van der Waals surface area contributed by atoms with E-state index in [0.717, 1.165) is 12.8 Å². The highest BCUT2D eigenvalue weighted by atomic mass is 32.2. The molecule has 0 amide bonds. The van der Waals surface area contributed by atoms with Crippen LogP contribution in [0.25, 0.3) is 0 Å². The van der Waals surface area contributed by atoms with Gasteiger partial charge in [0.1, 0.15) is 10.6 Å². The molecule has 0 saturated heterocycles. The number of hydrogen-bond donors (Lipinski definition) is 1. The van der Waals surface area contributed by atoms with E-state index in [1.807, 2.05) is 0 Å². The van der Waals surface area contributed by atoms with E-state index in [9.17, 15) is 8.42 Å². The van der Waals surface area contributed by atoms with E-state index in [2.05, 4.69) is 15.9 Å². The monoisotopic (exact) mass is 269 g/mol. The van der Waals surface area contributed by atoms with E-state index in [1.54, 1.807) is 13.8 Å². The Kier molecular flexibility index (Phi) is 3.41. The summed E-state index contributed by atoms with van der Waals surface area (Å²) in [6, 6.07) is 1.83. The van der Waals surface area contributed by atoms with Crippen molar-refractivity contribution in [2.75, 3.05) is 0 Å². The number of nitrogens with zero attached hydrogens (tertiary/aromatic N) is 2. The zero-order valence-corrected chi connectivity index (χ0v) is 11.1. The predicted octanol–water partition coefficient (Wildman–Crippen LogP) is 1.26. The van der Waals surface area contributed by atoms with Crippen LogP contribution >= 0.6 is 0 Å². The third-order valence-corrected chi connectivity index (χ3v) is 4.96. The van der Waals surface area contributed by atoms with Gasteiger partial charge in [-0.3, -0.25) is 0 Å². The maximum Gasteiger partial charge on any atom is 0.246 e. The van der Waals surface area contributed by atoms with Crippen LogP contribution in [-0.4, -0.2) is 19.6 Å². The van der Waals surface area contributed by atoms with Crippen molar-refractivity contribution < 1.29 is 12.9 Å². The number of aromatic nitrogens is 1. The first kappa shape index (κ1) is 13.1. The van der Waals surface area contributed by atoms with Gasteiger partial charge in [0.15, 0.2) is 5.76 Å². The van der Waals surface area contributed by atoms with Crippen LogP contribution < -0.4 is 4.72 Å². The first-order valence-electron chi connectivity index (χ1n) is 5.80. The molecule has 2 rings (SSSR count). The minimum absolute atomic E-state index is 0.0890. The summed E-state index contributed by atoms with van der Waals surface area (Å²) in [5.41, 5.74) is 0.339. The Labute approximate surface area is 106 Å². The van der Waals surface area contributed by atoms with Gasteiger partial charge in [0, 0.05) is 6.04 Å². The molecule has 18 heavy (non-hydrogen) atoms. The molecule has 1 aromatic rings. The third-order valence-electron chi connectivity index (χ3n) is 3.22. The van der Waals surface area contributed by atoms with Crippen LogP contribution in [0.4, 0.5) is 0 Å². The first-order chi connectivity index (χ1) is 8.45. The Morgan fingerprint density at radius 2 is 2.17 bits per heavy atom. The molecular weight excluding hydrogens is 254 g/mol. The van der Waals surface area contributed by atoms with E-state index >= 15 is 0 Å². The van der Waals surface area contributed by atoms with E-state index in [0.29, 0.717) is 12.1 Å². The second-order valence-corrected chi connectivity index (χ2v) is 6.20. The van der Waals surface area contributed by atoms with Crippen molar-refractivity contribution in [2.45, 2.75) is 44.0 Å². The standard InChI is InChI=1S/C11H15N3O3S/c1-7-11(8(2)17-13-7)18(15,16)14-10-5-3-4-9(10)6-12/h9-10,14H,3-5H2,1-2H3. The maximum absolute atomic E-state index is 12.2. The van der Waals surface area contributed by atoms with E-state index < -0.39 is 10.0 Å². The normalized spacial score (nSPS) is 24.1. The summed E-state index contributed by atoms with van der Waals surface area (Å²) in [5.74, 6) is 0.0201. The molecular formula is C11H15N3O3S. The highest BCUT2D eigenvalue weighted by Gasteiger charge is 2.33. The number of hydrogen-bond acceptors (Lipinski definition) is 5. The molecule has 2 unspecified atom stereocenters. The lowest BCUT2D eigenvalue weighted by atomic mass is 10.1. The van der Waals surface area contributed by atoms with Crippen molar-refractivity contribution in [3.05, 3.63) is 11.5 Å². The molecule has 1 aromatic heterocycles. The van der Waals surface area contributed by atoms with Gasteiger partial charge in [0.2, 0.25) is 10.0 Å². The lowest BCUT2D eigenvalue weighted by molar-refractivity contribution is 0.390. The summed E-state index contributed by atoms with van der Waals surface area (Å²) in [5, 5.41) is 12.6. The molecule has 0 radical (unpaired) electrons. The van der Waals surface area contributed by atoms with E-state index in [1.165, 1.54) is 0 Å². The van der Waals surface area contributed by atoms with Gasteiger partial charge in [-0.05, 0) is 26.7 Å². The molecule has 0 spiro atoms. The van der Waals surface area contributed by atoms with Crippen LogP contribution in [0, 0.1) is 31.1 Å². The zero-order chi connectivity index (χ0) is 13.3. The van der Waals surface area contributed by atoms with Crippen molar-refractivity contribution in [3.63, 3.8) is 0 Å². The summed E-state index contributed by atoms with van der Waals surface area (Å²) in [7, 11) is -3.66. The number of rotatable bonds is 3. The molecule has 0 aromatic carbocycles. The Hall–Kier alpha value is -1.39. The Morgan fingerprint density at radius 3 is 2.72 bits per heavy atom. The summed E-state index contributed by atoms with van der Waals surface area (Å²) in [4.78, 5) is 0.0890. The Morgan fingerprint density at radius 1 is 1.44 bits per heavy atom. The lowest BCUT2D eigenvalue weighted by Gasteiger charge is -2.15. The fourth-order valence-electron chi connectivity index (χ4n) is 2.37. The SMILES string of the molecule is Cc1noc(C)c1S(=O)(=O)NC1CCCC1C#N. The molecule has 1 fully saturated rings. The molecule has 0 aliphatic heterocycles. The largest absolute Gasteiger partial charge is 0.360 e. The van der Waals surface area contributed by atoms with Crippen LogP contribution in [-0.2, 0) is 10.0 Å². The minimum atomic E-state index is -3.66. The van der Waals surface area contributed by atoms with Crippen molar-refractivity contribution >= 4 is 10.0 Å². The van der Waals surface area contributed by atoms with Crippen LogP contribution in [0.3, 0.4) is 0 Å². The van der Waals surface area contributed by atoms with Crippen molar-refractivity contribution in [3.8, 4) is 6.07 Å². The molecule has 2 atom stereocenters. The van der Waals surface area contributed by atoms with Gasteiger partial charge in [-0.25, -0.2) is 13.1 Å². The first-order valence-corrected chi connectivity index (χ1v) is 7.29. The highest BCUT2D eigenvalue weighted by Crippen LogP contribution is 2.27. The van der Waals surface area contributed by atoms with Gasteiger partial charge in [0.25, 0.3) is 0 Å². The molecule has 7 heteroatoms. The van der Waals surface area contributed by atoms with Crippen molar-refractivity contribution in [1.29, 1.82) is 5.26 Å². The summed E-state index contributed by atoms with van der Waals surface area (Å²) in [6.45, 7) is 3.15. The van der Waals surface area contributed by atoms with Crippen molar-refractivity contribution in [2.24, 2.45) is 5.92 Å². The molecule has 1 saturated carbocycles. The van der Waals surface area contributed by atoms with Crippen LogP contribution in [0.15, 0.2) is 9.42 Å². The molecule has 1 N–H and O–H groups in total. The average Bonchev–Trinajstić information content (AvgIpc) is 2.85. The number of nitriles is 1. The lowest BCUT2D eigenvalue weighted by Crippen LogP contribution is -2.37. The van der Waals surface area contributed by atoms with Gasteiger partial charge in [-0.2, -0.15) is 5.26 Å². The molecule has 1 heterocycles. The predicted molar refractivity (Wildman–Crippen MR) is 63.0 cm³/mol. The second kappa shape index (κ2) is 4.71. The Bertz CT molecular complexity index is 566. The smallest absolute Gasteiger partial charge is 0.246 e. The van der Waals surface area contributed by atoms with E-state index in [-0.39, 0.29) is 22.6 Å². The molecule has 1 aliphatic rings. The number of nitrogens with one attached hydrogen (secondary N) is 1. The third kappa shape index (κ3) is 2.26. The molecule has 98 valence electrons. The van der Waals surface area contributed by atoms with Crippen LogP contribution in [0.5, 0.6) is 0 Å². The minimum Gasteiger partial charge on any atom is -0.360 e. The maximum atomic E-state index is 12.2. The van der Waals surface area contributed by atoms with Crippen LogP contribution in [0.1, 0.15) is 30.7 Å². The molecule has 1 aliphatic carbocycles. The Balaban J connectivity index is 2.26. The van der Waals surface area contributed by atoms with E-state index in [4.69, 9.17) is 9.78 Å². The fraction of sp³-hybridized carbons (Fsp3) is 0.636. The van der Waals surface area contributed by atoms with Gasteiger partial charge in [0.05, 0.1) is 12.0 Å². The quantitative estimate of drug-likeness (QED) is 0.891. The van der Waals surface area contributed by atoms with Gasteiger partial charge < -0.3 is 4.52 Å². The van der Waals surface area contributed by atoms with Crippen LogP contribution in [0.2, 0.25) is 0 Å². The zero-order valence-electron chi connectivity index (χ0n) is 10.3. The number of aryl methyl sites for hydroxylation is 2. The topological polar surface area (TPSA) is 96.0 Å². The van der Waals surface area contributed by atoms with Gasteiger partial charge >= 0.3 is 0 Å². The molecule has 0 bridgehead atoms. The highest BCUT2D eigenvalue weighted by molar-refractivity contribution is 7.89. The van der Waals surface area contributed by atoms with Gasteiger partial charge in [-0.1, -0.05) is 11.6 Å². The fourth-order valence-corrected chi connectivity index (χ4v) is 4.01. The summed E-state index contributed by atoms with van der Waals surface area (Å²) in [6.07, 6.45) is 2.30. The average molecular weight is 269 g/mol. The van der Waals surface area contributed by atoms with Crippen molar-refractivity contribution in [1.82, 2.24) is 9.88 Å². The number of sulfonamides is 1.